The number of nitrogens with one attached hydrogen (secondary N) is 1. The summed E-state index contributed by atoms with van der Waals surface area (Å²) in [5.74, 6) is -0.0167. The maximum absolute atomic E-state index is 13.2. The smallest absolute Gasteiger partial charge is 0.231 e. The molecule has 1 saturated heterocycles. The summed E-state index contributed by atoms with van der Waals surface area (Å²) in [4.78, 5) is 13.2. The van der Waals surface area contributed by atoms with Crippen molar-refractivity contribution < 1.29 is 14.6 Å². The molecule has 0 spiro atoms. The van der Waals surface area contributed by atoms with E-state index in [0.717, 1.165) is 11.1 Å². The van der Waals surface area contributed by atoms with Gasteiger partial charge in [-0.25, -0.2) is 0 Å². The fourth-order valence-electron chi connectivity index (χ4n) is 3.51. The molecule has 132 valence electrons. The number of hydrogen-bond acceptors (Lipinski definition) is 3. The van der Waals surface area contributed by atoms with Gasteiger partial charge in [0.2, 0.25) is 5.91 Å². The second-order valence-corrected chi connectivity index (χ2v) is 6.60. The predicted octanol–water partition coefficient (Wildman–Crippen LogP) is 2.45. The highest BCUT2D eigenvalue weighted by atomic mass is 16.5. The van der Waals surface area contributed by atoms with Crippen LogP contribution >= 0.6 is 0 Å². The molecule has 1 atom stereocenters. The monoisotopic (exact) mass is 339 g/mol. The Balaban J connectivity index is 1.78. The molecule has 0 radical (unpaired) electrons. The summed E-state index contributed by atoms with van der Waals surface area (Å²) >= 11 is 0. The Hall–Kier alpha value is -2.17. The van der Waals surface area contributed by atoms with Gasteiger partial charge in [-0.05, 0) is 30.4 Å². The van der Waals surface area contributed by atoms with E-state index in [9.17, 15) is 9.90 Å². The molecule has 25 heavy (non-hydrogen) atoms. The zero-order valence-corrected chi connectivity index (χ0v) is 14.4. The molecule has 3 rings (SSSR count). The van der Waals surface area contributed by atoms with E-state index in [2.05, 4.69) is 5.32 Å². The van der Waals surface area contributed by atoms with Gasteiger partial charge in [0, 0.05) is 13.2 Å². The van der Waals surface area contributed by atoms with Crippen LogP contribution in [-0.2, 0) is 21.4 Å². The van der Waals surface area contributed by atoms with Gasteiger partial charge in [-0.3, -0.25) is 4.79 Å². The van der Waals surface area contributed by atoms with Crippen molar-refractivity contribution in [2.45, 2.75) is 30.7 Å². The summed E-state index contributed by atoms with van der Waals surface area (Å²) in [6, 6.07) is 19.5. The van der Waals surface area contributed by atoms with Gasteiger partial charge in [-0.1, -0.05) is 60.7 Å². The molecular formula is C21H25NO3. The summed E-state index contributed by atoms with van der Waals surface area (Å²) in [5, 5.41) is 12.8. The molecule has 0 bridgehead atoms. The van der Waals surface area contributed by atoms with Crippen molar-refractivity contribution in [3.8, 4) is 0 Å². The number of aliphatic hydroxyl groups is 1. The van der Waals surface area contributed by atoms with E-state index in [-0.39, 0.29) is 18.6 Å². The third kappa shape index (κ3) is 4.09. The van der Waals surface area contributed by atoms with E-state index < -0.39 is 5.41 Å². The van der Waals surface area contributed by atoms with Gasteiger partial charge < -0.3 is 15.2 Å². The van der Waals surface area contributed by atoms with Gasteiger partial charge in [-0.2, -0.15) is 0 Å². The molecule has 2 N–H and O–H groups in total. The molecule has 1 fully saturated rings. The number of carbonyl (C=O) groups is 1. The summed E-state index contributed by atoms with van der Waals surface area (Å²) in [6.07, 6.45) is 1.93. The van der Waals surface area contributed by atoms with Crippen LogP contribution in [0.25, 0.3) is 0 Å². The van der Waals surface area contributed by atoms with Crippen LogP contribution in [0.3, 0.4) is 0 Å². The minimum Gasteiger partial charge on any atom is -0.394 e. The average molecular weight is 339 g/mol. The minimum atomic E-state index is -0.580. The lowest BCUT2D eigenvalue weighted by atomic mass is 9.73. The Labute approximate surface area is 148 Å². The highest BCUT2D eigenvalue weighted by Gasteiger charge is 2.42. The van der Waals surface area contributed by atoms with Crippen molar-refractivity contribution in [3.63, 3.8) is 0 Å². The number of carbonyl (C=O) groups excluding carboxylic acids is 1. The quantitative estimate of drug-likeness (QED) is 0.850. The molecule has 4 heteroatoms. The number of ether oxygens (including phenoxy) is 1. The Kier molecular flexibility index (Phi) is 5.84. The molecule has 1 heterocycles. The number of amides is 1. The fraction of sp³-hybridized carbons (Fsp3) is 0.381. The lowest BCUT2D eigenvalue weighted by Crippen LogP contribution is -2.52. The van der Waals surface area contributed by atoms with Gasteiger partial charge in [0.25, 0.3) is 0 Å². The molecule has 0 saturated carbocycles. The zero-order chi connectivity index (χ0) is 17.5. The zero-order valence-electron chi connectivity index (χ0n) is 14.4. The van der Waals surface area contributed by atoms with E-state index in [4.69, 9.17) is 4.74 Å². The second kappa shape index (κ2) is 8.28. The fourth-order valence-corrected chi connectivity index (χ4v) is 3.51. The highest BCUT2D eigenvalue weighted by molar-refractivity contribution is 5.88. The molecule has 4 nitrogen and oxygen atoms in total. The first-order valence-electron chi connectivity index (χ1n) is 8.83. The molecule has 0 aliphatic carbocycles. The third-order valence-electron chi connectivity index (χ3n) is 4.99. The lowest BCUT2D eigenvalue weighted by Gasteiger charge is -2.37. The van der Waals surface area contributed by atoms with Gasteiger partial charge in [0.15, 0.2) is 0 Å². The second-order valence-electron chi connectivity index (χ2n) is 6.60. The number of rotatable bonds is 6. The van der Waals surface area contributed by atoms with Crippen LogP contribution < -0.4 is 5.32 Å². The summed E-state index contributed by atoms with van der Waals surface area (Å²) in [7, 11) is 0. The van der Waals surface area contributed by atoms with Crippen molar-refractivity contribution >= 4 is 5.91 Å². The van der Waals surface area contributed by atoms with Crippen LogP contribution in [0.4, 0.5) is 0 Å². The van der Waals surface area contributed by atoms with Crippen LogP contribution in [0.1, 0.15) is 24.0 Å². The molecule has 1 aliphatic rings. The van der Waals surface area contributed by atoms with Gasteiger partial charge >= 0.3 is 0 Å². The van der Waals surface area contributed by atoms with Crippen LogP contribution in [0.5, 0.6) is 0 Å². The Morgan fingerprint density at radius 2 is 1.64 bits per heavy atom. The minimum absolute atomic E-state index is 0.0167. The van der Waals surface area contributed by atoms with Crippen LogP contribution in [0, 0.1) is 0 Å². The Bertz CT molecular complexity index is 666. The number of aliphatic hydroxyl groups excluding tert-OH is 1. The van der Waals surface area contributed by atoms with Crippen molar-refractivity contribution in [1.29, 1.82) is 0 Å². The summed E-state index contributed by atoms with van der Waals surface area (Å²) in [6.45, 7) is 1.07. The largest absolute Gasteiger partial charge is 0.394 e. The molecule has 0 aromatic heterocycles. The van der Waals surface area contributed by atoms with Crippen molar-refractivity contribution in [2.24, 2.45) is 0 Å². The Morgan fingerprint density at radius 3 is 2.24 bits per heavy atom. The third-order valence-corrected chi connectivity index (χ3v) is 4.99. The first-order chi connectivity index (χ1) is 12.2. The maximum atomic E-state index is 13.2. The van der Waals surface area contributed by atoms with E-state index >= 15 is 0 Å². The van der Waals surface area contributed by atoms with E-state index in [1.165, 1.54) is 0 Å². The van der Waals surface area contributed by atoms with Gasteiger partial charge in [-0.15, -0.1) is 0 Å². The van der Waals surface area contributed by atoms with E-state index in [0.29, 0.717) is 32.5 Å². The van der Waals surface area contributed by atoms with Crippen LogP contribution in [0.15, 0.2) is 60.7 Å². The SMILES string of the molecule is O=C(NC(CO)Cc1ccccc1)C1(c2ccccc2)CCOCC1. The maximum Gasteiger partial charge on any atom is 0.231 e. The van der Waals surface area contributed by atoms with Crippen molar-refractivity contribution in [2.75, 3.05) is 19.8 Å². The van der Waals surface area contributed by atoms with Gasteiger partial charge in [0.05, 0.1) is 18.1 Å². The standard InChI is InChI=1S/C21H25NO3/c23-16-19(15-17-7-3-1-4-8-17)22-20(24)21(11-13-25-14-12-21)18-9-5-2-6-10-18/h1-10,19,23H,11-16H2,(H,22,24). The molecule has 2 aromatic rings. The van der Waals surface area contributed by atoms with Crippen LogP contribution in [-0.4, -0.2) is 36.9 Å². The van der Waals surface area contributed by atoms with Crippen LogP contribution in [0.2, 0.25) is 0 Å². The topological polar surface area (TPSA) is 58.6 Å². The van der Waals surface area contributed by atoms with E-state index in [1.807, 2.05) is 60.7 Å². The first kappa shape index (κ1) is 17.6. The predicted molar refractivity (Wildman–Crippen MR) is 97.3 cm³/mol. The number of benzene rings is 2. The summed E-state index contributed by atoms with van der Waals surface area (Å²) in [5.41, 5.74) is 1.54. The van der Waals surface area contributed by atoms with Crippen molar-refractivity contribution in [3.05, 3.63) is 71.8 Å². The molecule has 1 unspecified atom stereocenters. The highest BCUT2D eigenvalue weighted by Crippen LogP contribution is 2.35. The average Bonchev–Trinajstić information content (AvgIpc) is 2.69. The van der Waals surface area contributed by atoms with E-state index in [1.54, 1.807) is 0 Å². The molecule has 1 amide bonds. The molecular weight excluding hydrogens is 314 g/mol. The van der Waals surface area contributed by atoms with Crippen molar-refractivity contribution in [1.82, 2.24) is 5.32 Å². The van der Waals surface area contributed by atoms with Gasteiger partial charge in [0.1, 0.15) is 0 Å². The lowest BCUT2D eigenvalue weighted by molar-refractivity contribution is -0.131. The number of hydrogen-bond donors (Lipinski definition) is 2. The normalized spacial score (nSPS) is 17.6. The molecule has 2 aromatic carbocycles. The summed E-state index contributed by atoms with van der Waals surface area (Å²) < 4.78 is 5.49. The Morgan fingerprint density at radius 1 is 1.04 bits per heavy atom. The first-order valence-corrected chi connectivity index (χ1v) is 8.83. The molecule has 1 aliphatic heterocycles.